The Balaban J connectivity index is 1.96. The Labute approximate surface area is 218 Å². The van der Waals surface area contributed by atoms with Gasteiger partial charge in [0.15, 0.2) is 11.4 Å². The van der Waals surface area contributed by atoms with Gasteiger partial charge in [0, 0.05) is 43.4 Å². The predicted molar refractivity (Wildman–Crippen MR) is 134 cm³/mol. The Morgan fingerprint density at radius 3 is 2.29 bits per heavy atom. The van der Waals surface area contributed by atoms with Crippen molar-refractivity contribution in [2.75, 3.05) is 33.1 Å². The molecule has 0 aromatic heterocycles. The standard InChI is InChI=1S/C25H31N5O8/c1-29(2)13-7-10(8-28-24(27)37)18(31)15-11(13)5-9-6-12-17(30(3)4)20(33)16(23(26)36)22(35)25(12,38)21(34)14(9)19(15)32/h7,9,12,17,31,33-34,38H,5-6,8H2,1-4H3,(H2,26,36)(H3,27,28,37)/t9-,12-,17-,25-/m0/s1. The topological polar surface area (TPSA) is 220 Å². The van der Waals surface area contributed by atoms with Gasteiger partial charge < -0.3 is 42.1 Å². The number of urea groups is 1. The fraction of sp³-hybridized carbons (Fsp3) is 0.440. The molecule has 3 aliphatic rings. The summed E-state index contributed by atoms with van der Waals surface area (Å²) in [4.78, 5) is 53.8. The molecular formula is C25H31N5O8. The highest BCUT2D eigenvalue weighted by molar-refractivity contribution is 6.25. The second-order valence-electron chi connectivity index (χ2n) is 10.3. The number of amides is 3. The van der Waals surface area contributed by atoms with E-state index in [1.54, 1.807) is 39.2 Å². The summed E-state index contributed by atoms with van der Waals surface area (Å²) < 4.78 is 0. The third-order valence-electron chi connectivity index (χ3n) is 7.71. The van der Waals surface area contributed by atoms with Gasteiger partial charge in [0.25, 0.3) is 5.91 Å². The van der Waals surface area contributed by atoms with E-state index in [0.29, 0.717) is 11.3 Å². The van der Waals surface area contributed by atoms with Crippen LogP contribution in [0.25, 0.3) is 0 Å². The number of likely N-dealkylation sites (N-methyl/N-ethyl adjacent to an activating group) is 1. The van der Waals surface area contributed by atoms with Gasteiger partial charge in [-0.15, -0.1) is 0 Å². The zero-order chi connectivity index (χ0) is 28.4. The fourth-order valence-corrected chi connectivity index (χ4v) is 6.07. The van der Waals surface area contributed by atoms with Crippen LogP contribution in [0.3, 0.4) is 0 Å². The molecule has 0 bridgehead atoms. The molecule has 13 nitrogen and oxygen atoms in total. The number of hydrogen-bond donors (Lipinski definition) is 7. The second-order valence-corrected chi connectivity index (χ2v) is 10.3. The summed E-state index contributed by atoms with van der Waals surface area (Å²) in [5.74, 6) is -7.19. The number of nitrogens with zero attached hydrogens (tertiary/aromatic N) is 2. The number of fused-ring (bicyclic) bond motifs is 3. The molecule has 0 fully saturated rings. The Morgan fingerprint density at radius 1 is 1.13 bits per heavy atom. The first-order chi connectivity index (χ1) is 17.6. The Hall–Kier alpha value is -4.10. The lowest BCUT2D eigenvalue weighted by atomic mass is 9.58. The normalized spacial score (nSPS) is 26.6. The number of anilines is 1. The molecule has 9 N–H and O–H groups in total. The van der Waals surface area contributed by atoms with Gasteiger partial charge in [0.1, 0.15) is 22.8 Å². The van der Waals surface area contributed by atoms with Crippen LogP contribution in [0.2, 0.25) is 0 Å². The van der Waals surface area contributed by atoms with Crippen molar-refractivity contribution in [1.29, 1.82) is 0 Å². The number of primary amides is 2. The molecule has 3 amide bonds. The molecule has 0 spiro atoms. The molecule has 0 saturated heterocycles. The van der Waals surface area contributed by atoms with Crippen molar-refractivity contribution in [2.24, 2.45) is 23.3 Å². The highest BCUT2D eigenvalue weighted by atomic mass is 16.3. The zero-order valence-corrected chi connectivity index (χ0v) is 21.4. The van der Waals surface area contributed by atoms with Crippen molar-refractivity contribution in [3.05, 3.63) is 45.4 Å². The molecule has 0 saturated carbocycles. The zero-order valence-electron chi connectivity index (χ0n) is 21.4. The van der Waals surface area contributed by atoms with Gasteiger partial charge in [-0.05, 0) is 44.5 Å². The van der Waals surface area contributed by atoms with Gasteiger partial charge >= 0.3 is 6.03 Å². The predicted octanol–water partition coefficient (Wildman–Crippen LogP) is -0.645. The van der Waals surface area contributed by atoms with Crippen LogP contribution in [0.5, 0.6) is 5.75 Å². The van der Waals surface area contributed by atoms with Gasteiger partial charge in [-0.2, -0.15) is 0 Å². The monoisotopic (exact) mass is 529 g/mol. The first kappa shape index (κ1) is 26.9. The largest absolute Gasteiger partial charge is 0.510 e. The number of ketones is 2. The molecule has 4 rings (SSSR count). The SMILES string of the molecule is CN(C)c1cc(CNC(N)=O)c(O)c2c1C[C@H]1C[C@H]3[C@H](N(C)C)C(O)=C(C(N)=O)C(=O)[C@@]3(O)C(O)=C1C2=O. The molecule has 0 heterocycles. The van der Waals surface area contributed by atoms with E-state index in [0.717, 1.165) is 0 Å². The molecule has 4 atom stereocenters. The second kappa shape index (κ2) is 9.03. The lowest BCUT2D eigenvalue weighted by molar-refractivity contribution is -0.148. The van der Waals surface area contributed by atoms with E-state index in [9.17, 15) is 39.6 Å². The maximum atomic E-state index is 13.9. The van der Waals surface area contributed by atoms with E-state index in [1.165, 1.54) is 4.90 Å². The lowest BCUT2D eigenvalue weighted by Crippen LogP contribution is -2.63. The van der Waals surface area contributed by atoms with Crippen molar-refractivity contribution < 1.29 is 39.6 Å². The third kappa shape index (κ3) is 3.69. The number of nitrogens with two attached hydrogens (primary N) is 2. The number of carbonyl (C=O) groups is 4. The quantitative estimate of drug-likeness (QED) is 0.239. The van der Waals surface area contributed by atoms with Crippen LogP contribution in [0, 0.1) is 11.8 Å². The number of aliphatic hydroxyl groups is 3. The number of nitrogens with one attached hydrogen (secondary N) is 1. The first-order valence-electron chi connectivity index (χ1n) is 11.9. The number of Topliss-reactive ketones (excluding diaryl/α,β-unsaturated/α-hetero) is 2. The summed E-state index contributed by atoms with van der Waals surface area (Å²) in [7, 11) is 6.61. The lowest BCUT2D eigenvalue weighted by Gasteiger charge is -2.50. The number of phenolic OH excluding ortho intramolecular Hbond substituents is 1. The van der Waals surface area contributed by atoms with Gasteiger partial charge in [-0.25, -0.2) is 4.79 Å². The van der Waals surface area contributed by atoms with Gasteiger partial charge in [0.2, 0.25) is 5.78 Å². The molecule has 3 aliphatic carbocycles. The number of rotatable bonds is 5. The molecular weight excluding hydrogens is 498 g/mol. The van der Waals surface area contributed by atoms with Crippen LogP contribution in [-0.4, -0.2) is 88.7 Å². The maximum Gasteiger partial charge on any atom is 0.312 e. The van der Waals surface area contributed by atoms with E-state index in [-0.39, 0.29) is 36.1 Å². The van der Waals surface area contributed by atoms with Crippen molar-refractivity contribution in [3.63, 3.8) is 0 Å². The minimum Gasteiger partial charge on any atom is -0.510 e. The van der Waals surface area contributed by atoms with E-state index in [1.807, 2.05) is 0 Å². The van der Waals surface area contributed by atoms with E-state index in [2.05, 4.69) is 5.32 Å². The molecule has 1 aromatic carbocycles. The van der Waals surface area contributed by atoms with Crippen LogP contribution in [0.15, 0.2) is 28.7 Å². The van der Waals surface area contributed by atoms with Crippen molar-refractivity contribution in [3.8, 4) is 5.75 Å². The van der Waals surface area contributed by atoms with Crippen molar-refractivity contribution >= 4 is 29.2 Å². The average Bonchev–Trinajstić information content (AvgIpc) is 2.80. The van der Waals surface area contributed by atoms with Crippen molar-refractivity contribution in [2.45, 2.75) is 31.0 Å². The minimum atomic E-state index is -2.71. The summed E-state index contributed by atoms with van der Waals surface area (Å²) in [6, 6.07) is -0.288. The first-order valence-corrected chi connectivity index (χ1v) is 11.9. The van der Waals surface area contributed by atoms with Gasteiger partial charge in [-0.1, -0.05) is 0 Å². The number of aliphatic hydroxyl groups excluding tert-OH is 2. The number of phenols is 1. The van der Waals surface area contributed by atoms with Crippen LogP contribution in [-0.2, 0) is 22.6 Å². The average molecular weight is 530 g/mol. The highest BCUT2D eigenvalue weighted by Gasteiger charge is 2.63. The van der Waals surface area contributed by atoms with Crippen LogP contribution < -0.4 is 21.7 Å². The van der Waals surface area contributed by atoms with Crippen molar-refractivity contribution in [1.82, 2.24) is 10.2 Å². The number of carbonyl (C=O) groups excluding carboxylic acids is 4. The van der Waals surface area contributed by atoms with Gasteiger partial charge in [-0.3, -0.25) is 19.3 Å². The summed E-state index contributed by atoms with van der Waals surface area (Å²) in [5, 5.41) is 47.3. The van der Waals surface area contributed by atoms with Crippen LogP contribution in [0.4, 0.5) is 10.5 Å². The molecule has 38 heavy (non-hydrogen) atoms. The Morgan fingerprint density at radius 2 is 1.76 bits per heavy atom. The molecule has 0 radical (unpaired) electrons. The van der Waals surface area contributed by atoms with Crippen LogP contribution in [0.1, 0.15) is 27.9 Å². The number of hydrogen-bond acceptors (Lipinski definition) is 10. The Bertz CT molecular complexity index is 1350. The van der Waals surface area contributed by atoms with E-state index < -0.39 is 69.8 Å². The minimum absolute atomic E-state index is 0.00955. The molecule has 0 aliphatic heterocycles. The third-order valence-corrected chi connectivity index (χ3v) is 7.71. The summed E-state index contributed by atoms with van der Waals surface area (Å²) in [5.41, 5.74) is 7.77. The smallest absolute Gasteiger partial charge is 0.312 e. The maximum absolute atomic E-state index is 13.9. The fourth-order valence-electron chi connectivity index (χ4n) is 6.07. The number of benzene rings is 1. The molecule has 0 unspecified atom stereocenters. The number of aromatic hydroxyl groups is 1. The highest BCUT2D eigenvalue weighted by Crippen LogP contribution is 2.53. The van der Waals surface area contributed by atoms with Gasteiger partial charge in [0.05, 0.1) is 11.6 Å². The summed E-state index contributed by atoms with van der Waals surface area (Å²) in [6.07, 6.45) is 0.142. The van der Waals surface area contributed by atoms with E-state index in [4.69, 9.17) is 11.5 Å². The molecule has 204 valence electrons. The molecule has 1 aromatic rings. The molecule has 13 heteroatoms. The number of allylic oxidation sites excluding steroid dienone is 1. The summed E-state index contributed by atoms with van der Waals surface area (Å²) in [6.45, 7) is -0.182. The van der Waals surface area contributed by atoms with E-state index >= 15 is 0 Å². The summed E-state index contributed by atoms with van der Waals surface area (Å²) >= 11 is 0. The Kier molecular flexibility index (Phi) is 6.40. The van der Waals surface area contributed by atoms with Crippen LogP contribution >= 0.6 is 0 Å².